The summed E-state index contributed by atoms with van der Waals surface area (Å²) in [6.07, 6.45) is 8.89. The summed E-state index contributed by atoms with van der Waals surface area (Å²) in [4.78, 5) is 4.14. The lowest BCUT2D eigenvalue weighted by Crippen LogP contribution is -2.17. The third-order valence-electron chi connectivity index (χ3n) is 1.96. The van der Waals surface area contributed by atoms with Crippen molar-refractivity contribution in [2.45, 2.75) is 6.04 Å². The van der Waals surface area contributed by atoms with Gasteiger partial charge in [-0.15, -0.1) is 0 Å². The third kappa shape index (κ3) is 1.15. The van der Waals surface area contributed by atoms with Gasteiger partial charge in [0, 0.05) is 6.21 Å². The number of hydrogen-bond acceptors (Lipinski definition) is 3. The average Bonchev–Trinajstić information content (AvgIpc) is 2.49. The van der Waals surface area contributed by atoms with Gasteiger partial charge in [-0.3, -0.25) is 4.99 Å². The molecule has 60 valence electrons. The summed E-state index contributed by atoms with van der Waals surface area (Å²) in [5, 5.41) is 17.7. The van der Waals surface area contributed by atoms with Crippen molar-refractivity contribution in [1.29, 1.82) is 0 Å². The molecule has 0 unspecified atom stereocenters. The Labute approximate surface area is 70.6 Å². The van der Waals surface area contributed by atoms with Crippen LogP contribution in [0.5, 0.6) is 0 Å². The van der Waals surface area contributed by atoms with Crippen molar-refractivity contribution in [3.63, 3.8) is 0 Å². The van der Waals surface area contributed by atoms with E-state index < -0.39 is 7.12 Å². The Morgan fingerprint density at radius 2 is 2.25 bits per heavy atom. The zero-order valence-electron chi connectivity index (χ0n) is 6.38. The van der Waals surface area contributed by atoms with E-state index in [1.807, 2.05) is 12.2 Å². The SMILES string of the molecule is OB(O)C1=CC2=CC=N[C@H]2C=C1. The van der Waals surface area contributed by atoms with Gasteiger partial charge in [0.25, 0.3) is 0 Å². The first-order valence-electron chi connectivity index (χ1n) is 3.76. The minimum Gasteiger partial charge on any atom is -0.423 e. The zero-order chi connectivity index (χ0) is 8.55. The molecular formula is C8H8BNO2. The Morgan fingerprint density at radius 1 is 1.42 bits per heavy atom. The fourth-order valence-electron chi connectivity index (χ4n) is 1.30. The van der Waals surface area contributed by atoms with Gasteiger partial charge in [0.15, 0.2) is 0 Å². The Hall–Kier alpha value is -1.13. The predicted molar refractivity (Wildman–Crippen MR) is 47.8 cm³/mol. The molecule has 0 amide bonds. The van der Waals surface area contributed by atoms with Crippen molar-refractivity contribution < 1.29 is 10.0 Å². The molecule has 0 bridgehead atoms. The van der Waals surface area contributed by atoms with E-state index in [0.29, 0.717) is 5.47 Å². The van der Waals surface area contributed by atoms with Crippen LogP contribution in [0, 0.1) is 0 Å². The van der Waals surface area contributed by atoms with Crippen LogP contribution in [0.25, 0.3) is 0 Å². The smallest absolute Gasteiger partial charge is 0.423 e. The highest BCUT2D eigenvalue weighted by atomic mass is 16.4. The fraction of sp³-hybridized carbons (Fsp3) is 0.125. The summed E-state index contributed by atoms with van der Waals surface area (Å²) in [5.74, 6) is 0. The molecule has 2 rings (SSSR count). The summed E-state index contributed by atoms with van der Waals surface area (Å²) in [7, 11) is -1.39. The Morgan fingerprint density at radius 3 is 3.00 bits per heavy atom. The molecule has 12 heavy (non-hydrogen) atoms. The molecular weight excluding hydrogens is 153 g/mol. The molecule has 1 atom stereocenters. The first-order valence-corrected chi connectivity index (χ1v) is 3.76. The predicted octanol–water partition coefficient (Wildman–Crippen LogP) is -0.126. The summed E-state index contributed by atoms with van der Waals surface area (Å²) in [6, 6.07) is 0.0903. The van der Waals surface area contributed by atoms with E-state index in [1.54, 1.807) is 18.4 Å². The number of allylic oxidation sites excluding steroid dienone is 3. The van der Waals surface area contributed by atoms with Crippen LogP contribution in [0.1, 0.15) is 0 Å². The van der Waals surface area contributed by atoms with Crippen molar-refractivity contribution in [3.8, 4) is 0 Å². The van der Waals surface area contributed by atoms with E-state index in [-0.39, 0.29) is 6.04 Å². The quantitative estimate of drug-likeness (QED) is 0.526. The van der Waals surface area contributed by atoms with Gasteiger partial charge in [-0.05, 0) is 17.1 Å². The van der Waals surface area contributed by atoms with Crippen molar-refractivity contribution in [3.05, 3.63) is 35.3 Å². The monoisotopic (exact) mass is 161 g/mol. The van der Waals surface area contributed by atoms with Crippen molar-refractivity contribution >= 4 is 13.3 Å². The molecule has 0 spiro atoms. The fourth-order valence-corrected chi connectivity index (χ4v) is 1.30. The van der Waals surface area contributed by atoms with Crippen molar-refractivity contribution in [2.24, 2.45) is 4.99 Å². The number of aliphatic imine (C=N–C) groups is 1. The summed E-state index contributed by atoms with van der Waals surface area (Å²) in [6.45, 7) is 0. The van der Waals surface area contributed by atoms with Gasteiger partial charge in [0.2, 0.25) is 0 Å². The lowest BCUT2D eigenvalue weighted by molar-refractivity contribution is 0.420. The van der Waals surface area contributed by atoms with Gasteiger partial charge in [-0.1, -0.05) is 18.2 Å². The summed E-state index contributed by atoms with van der Waals surface area (Å²) >= 11 is 0. The molecule has 0 saturated heterocycles. The molecule has 2 aliphatic rings. The van der Waals surface area contributed by atoms with Crippen LogP contribution in [0.15, 0.2) is 40.3 Å². The van der Waals surface area contributed by atoms with Crippen LogP contribution in [-0.2, 0) is 0 Å². The first kappa shape index (κ1) is 7.52. The van der Waals surface area contributed by atoms with Gasteiger partial charge >= 0.3 is 7.12 Å². The number of nitrogens with zero attached hydrogens (tertiary/aromatic N) is 1. The van der Waals surface area contributed by atoms with E-state index >= 15 is 0 Å². The minimum absolute atomic E-state index is 0.0903. The van der Waals surface area contributed by atoms with Gasteiger partial charge in [-0.2, -0.15) is 0 Å². The van der Waals surface area contributed by atoms with E-state index in [1.165, 1.54) is 0 Å². The summed E-state index contributed by atoms with van der Waals surface area (Å²) < 4.78 is 0. The summed E-state index contributed by atoms with van der Waals surface area (Å²) in [5.41, 5.74) is 1.53. The van der Waals surface area contributed by atoms with E-state index in [2.05, 4.69) is 4.99 Å². The van der Waals surface area contributed by atoms with Crippen LogP contribution in [0.2, 0.25) is 0 Å². The maximum absolute atomic E-state index is 8.87. The first-order chi connectivity index (χ1) is 5.77. The molecule has 0 aromatic rings. The highest BCUT2D eigenvalue weighted by Gasteiger charge is 2.20. The molecule has 3 nitrogen and oxygen atoms in total. The molecule has 2 N–H and O–H groups in total. The van der Waals surface area contributed by atoms with E-state index in [0.717, 1.165) is 5.57 Å². The molecule has 1 heterocycles. The van der Waals surface area contributed by atoms with Crippen LogP contribution in [0.4, 0.5) is 0 Å². The Bertz CT molecular complexity index is 315. The number of rotatable bonds is 1. The van der Waals surface area contributed by atoms with Gasteiger partial charge in [-0.25, -0.2) is 0 Å². The molecule has 0 saturated carbocycles. The molecule has 0 fully saturated rings. The lowest BCUT2D eigenvalue weighted by atomic mass is 9.75. The second-order valence-corrected chi connectivity index (χ2v) is 2.79. The Kier molecular flexibility index (Phi) is 1.71. The normalized spacial score (nSPS) is 25.0. The number of fused-ring (bicyclic) bond motifs is 1. The molecule has 0 radical (unpaired) electrons. The zero-order valence-corrected chi connectivity index (χ0v) is 6.38. The third-order valence-corrected chi connectivity index (χ3v) is 1.96. The largest absolute Gasteiger partial charge is 0.488 e. The topological polar surface area (TPSA) is 52.8 Å². The standard InChI is InChI=1S/C8H8BNO2/c11-9(12)7-1-2-8-6(5-7)3-4-10-8/h1-5,8,11-12H/t8-/m0/s1. The second kappa shape index (κ2) is 2.73. The minimum atomic E-state index is -1.39. The van der Waals surface area contributed by atoms with Crippen LogP contribution in [-0.4, -0.2) is 29.4 Å². The van der Waals surface area contributed by atoms with E-state index in [4.69, 9.17) is 10.0 Å². The van der Waals surface area contributed by atoms with Crippen LogP contribution < -0.4 is 0 Å². The molecule has 4 heteroatoms. The highest BCUT2D eigenvalue weighted by Crippen LogP contribution is 2.22. The molecule has 0 aromatic carbocycles. The van der Waals surface area contributed by atoms with Crippen molar-refractivity contribution in [2.75, 3.05) is 0 Å². The molecule has 0 aromatic heterocycles. The van der Waals surface area contributed by atoms with Gasteiger partial charge < -0.3 is 10.0 Å². The highest BCUT2D eigenvalue weighted by molar-refractivity contribution is 6.52. The van der Waals surface area contributed by atoms with Crippen LogP contribution in [0.3, 0.4) is 0 Å². The lowest BCUT2D eigenvalue weighted by Gasteiger charge is -2.11. The maximum atomic E-state index is 8.87. The second-order valence-electron chi connectivity index (χ2n) is 2.79. The Balaban J connectivity index is 2.28. The van der Waals surface area contributed by atoms with Gasteiger partial charge in [0.1, 0.15) is 0 Å². The molecule has 1 aliphatic carbocycles. The maximum Gasteiger partial charge on any atom is 0.488 e. The van der Waals surface area contributed by atoms with Crippen molar-refractivity contribution in [1.82, 2.24) is 0 Å². The molecule has 1 aliphatic heterocycles. The number of hydrogen-bond donors (Lipinski definition) is 2. The van der Waals surface area contributed by atoms with E-state index in [9.17, 15) is 0 Å². The van der Waals surface area contributed by atoms with Crippen LogP contribution >= 0.6 is 0 Å². The van der Waals surface area contributed by atoms with Gasteiger partial charge in [0.05, 0.1) is 6.04 Å². The average molecular weight is 161 g/mol.